The normalized spacial score (nSPS) is 27.5. The van der Waals surface area contributed by atoms with Gasteiger partial charge in [-0.15, -0.1) is 0 Å². The Morgan fingerprint density at radius 2 is 2.06 bits per heavy atom. The van der Waals surface area contributed by atoms with Crippen LogP contribution in [0.1, 0.15) is 0 Å². The third-order valence-corrected chi connectivity index (χ3v) is 3.32. The zero-order chi connectivity index (χ0) is 11.1. The van der Waals surface area contributed by atoms with Gasteiger partial charge in [-0.2, -0.15) is 0 Å². The maximum atomic E-state index is 10.8. The van der Waals surface area contributed by atoms with Crippen LogP contribution in [-0.2, 0) is 0 Å². The molecule has 84 valence electrons. The maximum Gasteiger partial charge on any atom is 0.407 e. The number of carbonyl (C=O) groups is 1. The predicted octanol–water partition coefficient (Wildman–Crippen LogP) is 0.275. The number of carboxylic acid groups (broad SMARTS) is 1. The molecule has 0 spiro atoms. The average Bonchev–Trinajstić information content (AvgIpc) is 2.59. The molecule has 0 aliphatic carbocycles. The molecular weight excluding hydrogens is 208 g/mol. The van der Waals surface area contributed by atoms with Gasteiger partial charge in [0.25, 0.3) is 0 Å². The number of likely N-dealkylation sites (tertiary alicyclic amines) is 1. The SMILES string of the molecule is O=C(O)N1CC2CN(c3ncccn3)C2C1. The van der Waals surface area contributed by atoms with Crippen LogP contribution in [0.15, 0.2) is 18.5 Å². The smallest absolute Gasteiger partial charge is 0.407 e. The van der Waals surface area contributed by atoms with Crippen molar-refractivity contribution in [3.8, 4) is 0 Å². The number of rotatable bonds is 1. The first-order valence-corrected chi connectivity index (χ1v) is 5.27. The van der Waals surface area contributed by atoms with Gasteiger partial charge in [0.05, 0.1) is 6.04 Å². The molecule has 1 aromatic rings. The summed E-state index contributed by atoms with van der Waals surface area (Å²) in [5.41, 5.74) is 0. The van der Waals surface area contributed by atoms with Gasteiger partial charge in [0.15, 0.2) is 0 Å². The fraction of sp³-hybridized carbons (Fsp3) is 0.500. The van der Waals surface area contributed by atoms with Crippen LogP contribution in [0.4, 0.5) is 10.7 Å². The van der Waals surface area contributed by atoms with E-state index in [0.29, 0.717) is 25.0 Å². The van der Waals surface area contributed by atoms with Gasteiger partial charge < -0.3 is 14.9 Å². The van der Waals surface area contributed by atoms with E-state index in [1.54, 1.807) is 18.5 Å². The van der Waals surface area contributed by atoms with Gasteiger partial charge in [-0.05, 0) is 6.07 Å². The summed E-state index contributed by atoms with van der Waals surface area (Å²) in [6.07, 6.45) is 2.59. The minimum atomic E-state index is -0.830. The van der Waals surface area contributed by atoms with Gasteiger partial charge in [0.2, 0.25) is 5.95 Å². The van der Waals surface area contributed by atoms with Gasteiger partial charge in [-0.1, -0.05) is 0 Å². The van der Waals surface area contributed by atoms with E-state index < -0.39 is 6.09 Å². The van der Waals surface area contributed by atoms with Crippen LogP contribution in [0.5, 0.6) is 0 Å². The Morgan fingerprint density at radius 1 is 1.31 bits per heavy atom. The quantitative estimate of drug-likeness (QED) is 0.736. The standard InChI is InChI=1S/C10H12N4O2/c15-10(16)13-4-7-5-14(8(7)6-13)9-11-2-1-3-12-9/h1-3,7-8H,4-6H2,(H,15,16). The lowest BCUT2D eigenvalue weighted by atomic mass is 9.93. The predicted molar refractivity (Wildman–Crippen MR) is 56.3 cm³/mol. The van der Waals surface area contributed by atoms with Gasteiger partial charge in [0.1, 0.15) is 0 Å². The summed E-state index contributed by atoms with van der Waals surface area (Å²) in [6.45, 7) is 2.07. The number of hydrogen-bond donors (Lipinski definition) is 1. The summed E-state index contributed by atoms with van der Waals surface area (Å²) in [5, 5.41) is 8.91. The summed E-state index contributed by atoms with van der Waals surface area (Å²) in [5.74, 6) is 1.15. The maximum absolute atomic E-state index is 10.8. The molecule has 0 bridgehead atoms. The molecule has 0 aromatic carbocycles. The van der Waals surface area contributed by atoms with Crippen molar-refractivity contribution in [2.24, 2.45) is 5.92 Å². The molecule has 3 rings (SSSR count). The molecule has 2 saturated heterocycles. The highest BCUT2D eigenvalue weighted by Gasteiger charge is 2.47. The Bertz CT molecular complexity index is 411. The first-order chi connectivity index (χ1) is 7.75. The Balaban J connectivity index is 1.73. The van der Waals surface area contributed by atoms with Crippen molar-refractivity contribution in [2.45, 2.75) is 6.04 Å². The Kier molecular flexibility index (Phi) is 1.95. The summed E-state index contributed by atoms with van der Waals surface area (Å²) in [4.78, 5) is 22.7. The second kappa shape index (κ2) is 3.33. The fourth-order valence-electron chi connectivity index (χ4n) is 2.46. The van der Waals surface area contributed by atoms with E-state index in [2.05, 4.69) is 14.9 Å². The lowest BCUT2D eigenvalue weighted by Gasteiger charge is -2.43. The van der Waals surface area contributed by atoms with E-state index in [1.165, 1.54) is 4.90 Å². The lowest BCUT2D eigenvalue weighted by molar-refractivity contribution is 0.155. The zero-order valence-corrected chi connectivity index (χ0v) is 8.65. The molecule has 1 aromatic heterocycles. The van der Waals surface area contributed by atoms with Crippen LogP contribution >= 0.6 is 0 Å². The first-order valence-electron chi connectivity index (χ1n) is 5.27. The highest BCUT2D eigenvalue weighted by molar-refractivity contribution is 5.66. The van der Waals surface area contributed by atoms with Crippen molar-refractivity contribution in [3.63, 3.8) is 0 Å². The summed E-state index contributed by atoms with van der Waals surface area (Å²) < 4.78 is 0. The van der Waals surface area contributed by atoms with Gasteiger partial charge in [-0.3, -0.25) is 0 Å². The van der Waals surface area contributed by atoms with Gasteiger partial charge in [0, 0.05) is 37.9 Å². The van der Waals surface area contributed by atoms with E-state index in [-0.39, 0.29) is 6.04 Å². The van der Waals surface area contributed by atoms with Crippen molar-refractivity contribution < 1.29 is 9.90 Å². The minimum absolute atomic E-state index is 0.262. The number of amides is 1. The molecule has 3 heterocycles. The van der Waals surface area contributed by atoms with E-state index in [0.717, 1.165) is 6.54 Å². The third kappa shape index (κ3) is 1.30. The molecule has 6 heteroatoms. The van der Waals surface area contributed by atoms with Crippen LogP contribution in [0.2, 0.25) is 0 Å². The molecule has 16 heavy (non-hydrogen) atoms. The van der Waals surface area contributed by atoms with E-state index in [1.807, 2.05) is 0 Å². The molecule has 1 N–H and O–H groups in total. The van der Waals surface area contributed by atoms with Crippen molar-refractivity contribution in [3.05, 3.63) is 18.5 Å². The van der Waals surface area contributed by atoms with Crippen LogP contribution in [0.3, 0.4) is 0 Å². The first kappa shape index (κ1) is 9.38. The van der Waals surface area contributed by atoms with Crippen LogP contribution in [0, 0.1) is 5.92 Å². The molecule has 2 aliphatic rings. The Hall–Kier alpha value is -1.85. The fourth-order valence-corrected chi connectivity index (χ4v) is 2.46. The Labute approximate surface area is 92.5 Å². The molecule has 2 aliphatic heterocycles. The molecule has 0 radical (unpaired) electrons. The highest BCUT2D eigenvalue weighted by Crippen LogP contribution is 2.34. The molecule has 2 fully saturated rings. The molecule has 1 amide bonds. The lowest BCUT2D eigenvalue weighted by Crippen LogP contribution is -2.56. The van der Waals surface area contributed by atoms with E-state index in [4.69, 9.17) is 5.11 Å². The number of anilines is 1. The molecule has 6 nitrogen and oxygen atoms in total. The number of aromatic nitrogens is 2. The molecule has 2 atom stereocenters. The van der Waals surface area contributed by atoms with E-state index >= 15 is 0 Å². The summed E-state index contributed by atoms with van der Waals surface area (Å²) in [6, 6.07) is 2.04. The monoisotopic (exact) mass is 220 g/mol. The molecule has 2 unspecified atom stereocenters. The summed E-state index contributed by atoms with van der Waals surface area (Å²) in [7, 11) is 0. The van der Waals surface area contributed by atoms with Crippen molar-refractivity contribution >= 4 is 12.0 Å². The number of nitrogens with zero attached hydrogens (tertiary/aromatic N) is 4. The molecule has 0 saturated carbocycles. The van der Waals surface area contributed by atoms with Crippen molar-refractivity contribution in [1.82, 2.24) is 14.9 Å². The summed E-state index contributed by atoms with van der Waals surface area (Å²) >= 11 is 0. The third-order valence-electron chi connectivity index (χ3n) is 3.32. The Morgan fingerprint density at radius 3 is 2.75 bits per heavy atom. The van der Waals surface area contributed by atoms with Gasteiger partial charge in [-0.25, -0.2) is 14.8 Å². The van der Waals surface area contributed by atoms with Crippen molar-refractivity contribution in [2.75, 3.05) is 24.5 Å². The van der Waals surface area contributed by atoms with Gasteiger partial charge >= 0.3 is 6.09 Å². The zero-order valence-electron chi connectivity index (χ0n) is 8.65. The number of hydrogen-bond acceptors (Lipinski definition) is 4. The van der Waals surface area contributed by atoms with Crippen LogP contribution in [-0.4, -0.2) is 51.7 Å². The second-order valence-corrected chi connectivity index (χ2v) is 4.22. The second-order valence-electron chi connectivity index (χ2n) is 4.22. The number of fused-ring (bicyclic) bond motifs is 1. The van der Waals surface area contributed by atoms with Crippen molar-refractivity contribution in [1.29, 1.82) is 0 Å². The molecular formula is C10H12N4O2. The van der Waals surface area contributed by atoms with Crippen LogP contribution in [0.25, 0.3) is 0 Å². The highest BCUT2D eigenvalue weighted by atomic mass is 16.4. The minimum Gasteiger partial charge on any atom is -0.465 e. The average molecular weight is 220 g/mol. The topological polar surface area (TPSA) is 69.6 Å². The van der Waals surface area contributed by atoms with Crippen LogP contribution < -0.4 is 4.90 Å². The largest absolute Gasteiger partial charge is 0.465 e. The van der Waals surface area contributed by atoms with E-state index in [9.17, 15) is 4.79 Å².